The van der Waals surface area contributed by atoms with Gasteiger partial charge in [0.15, 0.2) is 23.6 Å². The number of nitrogens with one attached hydrogen (secondary N) is 2. The summed E-state index contributed by atoms with van der Waals surface area (Å²) in [5, 5.41) is 34.3. The van der Waals surface area contributed by atoms with Crippen LogP contribution in [0.25, 0.3) is 11.0 Å². The van der Waals surface area contributed by atoms with Crippen molar-refractivity contribution < 1.29 is 53.1 Å². The van der Waals surface area contributed by atoms with E-state index >= 15 is 0 Å². The zero-order valence-corrected chi connectivity index (χ0v) is 24.9. The zero-order chi connectivity index (χ0) is 32.9. The van der Waals surface area contributed by atoms with Crippen molar-refractivity contribution in [3.05, 3.63) is 64.0 Å². The number of hydrogen-bond acceptors (Lipinski definition) is 12. The molecule has 3 aromatic rings. The van der Waals surface area contributed by atoms with Crippen LogP contribution in [-0.2, 0) is 23.8 Å². The summed E-state index contributed by atoms with van der Waals surface area (Å²) in [4.78, 5) is 42.9. The third-order valence-corrected chi connectivity index (χ3v) is 7.27. The summed E-state index contributed by atoms with van der Waals surface area (Å²) in [6.07, 6.45) is -1.14. The van der Waals surface area contributed by atoms with Crippen molar-refractivity contribution in [3.63, 3.8) is 0 Å². The average molecular weight is 627 g/mol. The van der Waals surface area contributed by atoms with E-state index in [0.717, 1.165) is 0 Å². The summed E-state index contributed by atoms with van der Waals surface area (Å²) in [6, 6.07) is 11.3. The highest BCUT2D eigenvalue weighted by atomic mass is 16.7. The number of aryl methyl sites for hydroxylation is 1. The predicted octanol–water partition coefficient (Wildman–Crippen LogP) is 2.07. The van der Waals surface area contributed by atoms with Gasteiger partial charge in [0.25, 0.3) is 0 Å². The molecule has 0 bridgehead atoms. The topological polar surface area (TPSA) is 195 Å². The SMILES string of the molecule is C#CCONC(=O)O[C@H]1[C@@H](O)[C@H](Oc2ccc3c(O)c(NC(=O)C(CO)c4ccccc4)c(=O)oc3c2C)OC(C)(C)[C@@H]1OC. The average Bonchev–Trinajstić information content (AvgIpc) is 3.00. The molecule has 5 N–H and O–H groups in total. The van der Waals surface area contributed by atoms with Crippen LogP contribution in [0.2, 0.25) is 0 Å². The van der Waals surface area contributed by atoms with E-state index in [4.69, 9.17) is 34.6 Å². The van der Waals surface area contributed by atoms with Crippen molar-refractivity contribution in [3.8, 4) is 23.8 Å². The number of hydrogen-bond donors (Lipinski definition) is 5. The van der Waals surface area contributed by atoms with Gasteiger partial charge in [-0.25, -0.2) is 9.59 Å². The Balaban J connectivity index is 1.60. The molecule has 2 aromatic carbocycles. The van der Waals surface area contributed by atoms with Crippen LogP contribution in [0, 0.1) is 19.3 Å². The number of carbonyl (C=O) groups is 2. The standard InChI is InChI=1S/C31H34N2O12/c1-6-14-41-33-30(39)44-25-23(36)29(45-31(3,4)26(25)40-5)42-20-13-12-18-22(35)21(28(38)43-24(18)16(20)2)32-27(37)19(15-34)17-10-8-7-9-11-17/h1,7-13,19,23,25-26,29,34-36H,14-15H2,2-5H3,(H,32,37)(H,33,39)/t19?,23-,25+,26-,29-/m1/s1. The van der Waals surface area contributed by atoms with Crippen molar-refractivity contribution in [2.45, 2.75) is 56.9 Å². The van der Waals surface area contributed by atoms with Gasteiger partial charge in [-0.15, -0.1) is 6.42 Å². The molecule has 0 radical (unpaired) electrons. The number of hydroxylamine groups is 1. The van der Waals surface area contributed by atoms with E-state index in [2.05, 4.69) is 11.2 Å². The highest BCUT2D eigenvalue weighted by Crippen LogP contribution is 2.38. The number of fused-ring (bicyclic) bond motifs is 1. The van der Waals surface area contributed by atoms with E-state index in [9.17, 15) is 29.7 Å². The molecule has 240 valence electrons. The molecule has 5 atom stereocenters. The van der Waals surface area contributed by atoms with Gasteiger partial charge in [-0.3, -0.25) is 9.63 Å². The first-order valence-corrected chi connectivity index (χ1v) is 13.8. The van der Waals surface area contributed by atoms with Gasteiger partial charge in [-0.2, -0.15) is 5.48 Å². The zero-order valence-electron chi connectivity index (χ0n) is 24.9. The van der Waals surface area contributed by atoms with Crippen molar-refractivity contribution >= 4 is 28.7 Å². The summed E-state index contributed by atoms with van der Waals surface area (Å²) in [5.74, 6) is -0.0119. The fraction of sp³-hybridized carbons (Fsp3) is 0.387. The van der Waals surface area contributed by atoms with Gasteiger partial charge in [-0.1, -0.05) is 36.3 Å². The number of aliphatic hydroxyl groups is 2. The number of ether oxygens (including phenoxy) is 4. The Morgan fingerprint density at radius 3 is 2.53 bits per heavy atom. The van der Waals surface area contributed by atoms with Gasteiger partial charge in [-0.05, 0) is 38.5 Å². The first-order valence-electron chi connectivity index (χ1n) is 13.8. The fourth-order valence-electron chi connectivity index (χ4n) is 5.06. The quantitative estimate of drug-likeness (QED) is 0.0953. The maximum absolute atomic E-state index is 12.9. The lowest BCUT2D eigenvalue weighted by molar-refractivity contribution is -0.305. The molecule has 4 rings (SSSR count). The fourth-order valence-corrected chi connectivity index (χ4v) is 5.06. The summed E-state index contributed by atoms with van der Waals surface area (Å²) >= 11 is 0. The van der Waals surface area contributed by atoms with Gasteiger partial charge in [0.05, 0.1) is 23.5 Å². The Morgan fingerprint density at radius 2 is 1.89 bits per heavy atom. The highest BCUT2D eigenvalue weighted by molar-refractivity contribution is 6.00. The Labute approximate surface area is 257 Å². The van der Waals surface area contributed by atoms with E-state index in [1.165, 1.54) is 26.2 Å². The monoisotopic (exact) mass is 626 g/mol. The van der Waals surface area contributed by atoms with Crippen LogP contribution in [-0.4, -0.2) is 77.8 Å². The van der Waals surface area contributed by atoms with Crippen LogP contribution >= 0.6 is 0 Å². The molecule has 1 saturated heterocycles. The molecule has 14 nitrogen and oxygen atoms in total. The van der Waals surface area contributed by atoms with E-state index in [1.807, 2.05) is 5.48 Å². The molecule has 2 amide bonds. The Hall–Kier alpha value is -4.65. The Bertz CT molecular complexity index is 1630. The van der Waals surface area contributed by atoms with Gasteiger partial charge in [0.1, 0.15) is 24.0 Å². The summed E-state index contributed by atoms with van der Waals surface area (Å²) < 4.78 is 28.3. The lowest BCUT2D eigenvalue weighted by atomic mass is 9.89. The molecule has 1 aliphatic rings. The first-order chi connectivity index (χ1) is 21.4. The van der Waals surface area contributed by atoms with Gasteiger partial charge in [0.2, 0.25) is 12.2 Å². The molecular weight excluding hydrogens is 592 g/mol. The Morgan fingerprint density at radius 1 is 1.18 bits per heavy atom. The molecule has 1 aliphatic heterocycles. The van der Waals surface area contributed by atoms with Crippen molar-refractivity contribution in [2.75, 3.05) is 25.6 Å². The number of benzene rings is 2. The molecule has 2 heterocycles. The molecule has 0 spiro atoms. The minimum atomic E-state index is -1.57. The maximum atomic E-state index is 12.9. The second kappa shape index (κ2) is 14.0. The van der Waals surface area contributed by atoms with Crippen LogP contribution in [0.1, 0.15) is 30.9 Å². The largest absolute Gasteiger partial charge is 0.505 e. The lowest BCUT2D eigenvalue weighted by Crippen LogP contribution is -2.65. The molecule has 1 fully saturated rings. The highest BCUT2D eigenvalue weighted by Gasteiger charge is 2.53. The third kappa shape index (κ3) is 7.03. The minimum absolute atomic E-state index is 0.0630. The van der Waals surface area contributed by atoms with E-state index in [0.29, 0.717) is 5.56 Å². The molecule has 1 unspecified atom stereocenters. The number of aliphatic hydroxyl groups excluding tert-OH is 2. The number of rotatable bonds is 10. The maximum Gasteiger partial charge on any atom is 0.431 e. The third-order valence-electron chi connectivity index (χ3n) is 7.27. The van der Waals surface area contributed by atoms with E-state index in [-0.39, 0.29) is 28.9 Å². The molecule has 14 heteroatoms. The number of aromatic hydroxyl groups is 1. The minimum Gasteiger partial charge on any atom is -0.505 e. The van der Waals surface area contributed by atoms with Gasteiger partial charge < -0.3 is 44.0 Å². The van der Waals surface area contributed by atoms with Crippen molar-refractivity contribution in [2.24, 2.45) is 0 Å². The summed E-state index contributed by atoms with van der Waals surface area (Å²) in [6.45, 7) is 4.08. The van der Waals surface area contributed by atoms with Crippen LogP contribution in [0.15, 0.2) is 51.7 Å². The van der Waals surface area contributed by atoms with Crippen LogP contribution in [0.5, 0.6) is 11.5 Å². The van der Waals surface area contributed by atoms with Crippen molar-refractivity contribution in [1.82, 2.24) is 5.48 Å². The number of carbonyl (C=O) groups excluding carboxylic acids is 2. The Kier molecular flexibility index (Phi) is 10.3. The summed E-state index contributed by atoms with van der Waals surface area (Å²) in [7, 11) is 1.36. The summed E-state index contributed by atoms with van der Waals surface area (Å²) in [5.41, 5.74) is 0.00429. The molecule has 0 saturated carbocycles. The number of anilines is 1. The normalized spacial score (nSPS) is 21.4. The lowest BCUT2D eigenvalue weighted by Gasteiger charge is -2.47. The molecule has 1 aromatic heterocycles. The van der Waals surface area contributed by atoms with E-state index in [1.54, 1.807) is 44.2 Å². The second-order valence-corrected chi connectivity index (χ2v) is 10.6. The number of terminal acetylenes is 1. The molecular formula is C31H34N2O12. The van der Waals surface area contributed by atoms with Gasteiger partial charge >= 0.3 is 11.7 Å². The van der Waals surface area contributed by atoms with Crippen molar-refractivity contribution in [1.29, 1.82) is 0 Å². The number of amides is 2. The predicted molar refractivity (Wildman–Crippen MR) is 158 cm³/mol. The second-order valence-electron chi connectivity index (χ2n) is 10.6. The molecule has 0 aliphatic carbocycles. The van der Waals surface area contributed by atoms with Gasteiger partial charge in [0, 0.05) is 12.7 Å². The van der Waals surface area contributed by atoms with Crippen LogP contribution in [0.4, 0.5) is 10.5 Å². The first kappa shape index (κ1) is 33.2. The molecule has 45 heavy (non-hydrogen) atoms. The smallest absolute Gasteiger partial charge is 0.431 e. The van der Waals surface area contributed by atoms with Crippen LogP contribution in [0.3, 0.4) is 0 Å². The van der Waals surface area contributed by atoms with E-state index < -0.39 is 71.8 Å². The number of methoxy groups -OCH3 is 1. The van der Waals surface area contributed by atoms with Crippen LogP contribution < -0.4 is 21.2 Å².